The normalized spacial score (nSPS) is 23.0. The number of hydrogen-bond donors (Lipinski definition) is 0. The number of Topliss-reactive ketones (excluding diaryl/α,β-unsaturated/α-hetero) is 1. The van der Waals surface area contributed by atoms with E-state index in [4.69, 9.17) is 0 Å². The first-order chi connectivity index (χ1) is 8.66. The molecule has 2 atom stereocenters. The Morgan fingerprint density at radius 2 is 2.06 bits per heavy atom. The molecule has 0 radical (unpaired) electrons. The van der Waals surface area contributed by atoms with E-state index in [0.29, 0.717) is 11.7 Å². The maximum atomic E-state index is 11.5. The lowest BCUT2D eigenvalue weighted by atomic mass is 9.95. The Morgan fingerprint density at radius 1 is 1.33 bits per heavy atom. The molecule has 1 fully saturated rings. The van der Waals surface area contributed by atoms with Crippen molar-refractivity contribution in [3.05, 3.63) is 35.9 Å². The summed E-state index contributed by atoms with van der Waals surface area (Å²) >= 11 is 0. The fourth-order valence-corrected chi connectivity index (χ4v) is 2.62. The van der Waals surface area contributed by atoms with Crippen molar-refractivity contribution in [2.24, 2.45) is 5.92 Å². The third-order valence-electron chi connectivity index (χ3n) is 4.00. The summed E-state index contributed by atoms with van der Waals surface area (Å²) in [5.41, 5.74) is 1.42. The highest BCUT2D eigenvalue weighted by Crippen LogP contribution is 2.20. The minimum atomic E-state index is 0.228. The van der Waals surface area contributed by atoms with Gasteiger partial charge in [0.05, 0.1) is 0 Å². The number of rotatable bonds is 4. The van der Waals surface area contributed by atoms with Gasteiger partial charge in [0, 0.05) is 25.4 Å². The topological polar surface area (TPSA) is 20.3 Å². The van der Waals surface area contributed by atoms with Gasteiger partial charge in [-0.1, -0.05) is 44.2 Å². The molecular weight excluding hydrogens is 222 g/mol. The summed E-state index contributed by atoms with van der Waals surface area (Å²) in [5.74, 6) is 1.26. The maximum absolute atomic E-state index is 11.5. The third kappa shape index (κ3) is 3.42. The molecule has 2 rings (SSSR count). The molecule has 0 amide bonds. The second-order valence-electron chi connectivity index (χ2n) is 5.52. The molecule has 1 aliphatic heterocycles. The van der Waals surface area contributed by atoms with Gasteiger partial charge in [0.15, 0.2) is 0 Å². The van der Waals surface area contributed by atoms with Crippen LogP contribution in [-0.2, 0) is 4.79 Å². The van der Waals surface area contributed by atoms with E-state index in [-0.39, 0.29) is 5.92 Å². The Kier molecular flexibility index (Phi) is 4.54. The first-order valence-electron chi connectivity index (χ1n) is 6.97. The van der Waals surface area contributed by atoms with E-state index in [0.717, 1.165) is 26.1 Å². The van der Waals surface area contributed by atoms with Gasteiger partial charge >= 0.3 is 0 Å². The molecule has 98 valence electrons. The Morgan fingerprint density at radius 3 is 2.72 bits per heavy atom. The van der Waals surface area contributed by atoms with E-state index < -0.39 is 0 Å². The molecule has 1 heterocycles. The van der Waals surface area contributed by atoms with Gasteiger partial charge in [-0.25, -0.2) is 0 Å². The highest BCUT2D eigenvalue weighted by molar-refractivity contribution is 5.81. The molecule has 1 aromatic rings. The average molecular weight is 245 g/mol. The predicted molar refractivity (Wildman–Crippen MR) is 74.7 cm³/mol. The Balaban J connectivity index is 1.80. The molecule has 2 nitrogen and oxygen atoms in total. The van der Waals surface area contributed by atoms with Crippen molar-refractivity contribution in [2.75, 3.05) is 19.6 Å². The number of carbonyl (C=O) groups is 1. The monoisotopic (exact) mass is 245 g/mol. The van der Waals surface area contributed by atoms with Crippen molar-refractivity contribution < 1.29 is 4.79 Å². The molecule has 1 aliphatic rings. The summed E-state index contributed by atoms with van der Waals surface area (Å²) in [6, 6.07) is 10.7. The molecule has 0 spiro atoms. The van der Waals surface area contributed by atoms with Crippen molar-refractivity contribution in [1.29, 1.82) is 0 Å². The van der Waals surface area contributed by atoms with E-state index in [1.165, 1.54) is 12.0 Å². The average Bonchev–Trinajstić information content (AvgIpc) is 2.41. The van der Waals surface area contributed by atoms with Crippen molar-refractivity contribution in [2.45, 2.75) is 32.6 Å². The van der Waals surface area contributed by atoms with Gasteiger partial charge in [-0.3, -0.25) is 4.79 Å². The SMILES string of the molecule is CC1CN(CCC(C)c2ccccc2)CCC1=O. The maximum Gasteiger partial charge on any atom is 0.138 e. The highest BCUT2D eigenvalue weighted by atomic mass is 16.1. The van der Waals surface area contributed by atoms with Crippen molar-refractivity contribution in [3.63, 3.8) is 0 Å². The molecule has 0 aromatic heterocycles. The second-order valence-corrected chi connectivity index (χ2v) is 5.52. The summed E-state index contributed by atoms with van der Waals surface area (Å²) in [7, 11) is 0. The highest BCUT2D eigenvalue weighted by Gasteiger charge is 2.23. The first-order valence-corrected chi connectivity index (χ1v) is 6.97. The largest absolute Gasteiger partial charge is 0.302 e. The molecule has 18 heavy (non-hydrogen) atoms. The zero-order valence-electron chi connectivity index (χ0n) is 11.4. The van der Waals surface area contributed by atoms with Gasteiger partial charge in [-0.15, -0.1) is 0 Å². The number of piperidine rings is 1. The van der Waals surface area contributed by atoms with E-state index in [1.54, 1.807) is 0 Å². The van der Waals surface area contributed by atoms with E-state index in [9.17, 15) is 4.79 Å². The minimum Gasteiger partial charge on any atom is -0.302 e. The summed E-state index contributed by atoms with van der Waals surface area (Å²) in [4.78, 5) is 13.9. The van der Waals surface area contributed by atoms with Crippen LogP contribution in [0.15, 0.2) is 30.3 Å². The van der Waals surface area contributed by atoms with E-state index in [2.05, 4.69) is 49.1 Å². The number of likely N-dealkylation sites (tertiary alicyclic amines) is 1. The number of nitrogens with zero attached hydrogens (tertiary/aromatic N) is 1. The van der Waals surface area contributed by atoms with Crippen molar-refractivity contribution in [3.8, 4) is 0 Å². The molecule has 2 heteroatoms. The van der Waals surface area contributed by atoms with Crippen LogP contribution < -0.4 is 0 Å². The molecule has 0 N–H and O–H groups in total. The molecule has 1 aromatic carbocycles. The quantitative estimate of drug-likeness (QED) is 0.812. The molecule has 0 saturated carbocycles. The number of carbonyl (C=O) groups excluding carboxylic acids is 1. The first kappa shape index (κ1) is 13.3. The fourth-order valence-electron chi connectivity index (χ4n) is 2.62. The third-order valence-corrected chi connectivity index (χ3v) is 4.00. The molecule has 0 aliphatic carbocycles. The fraction of sp³-hybridized carbons (Fsp3) is 0.562. The zero-order chi connectivity index (χ0) is 13.0. The van der Waals surface area contributed by atoms with Crippen LogP contribution in [-0.4, -0.2) is 30.3 Å². The molecule has 0 bridgehead atoms. The van der Waals surface area contributed by atoms with Gasteiger partial charge in [-0.2, -0.15) is 0 Å². The number of hydrogen-bond acceptors (Lipinski definition) is 2. The van der Waals surface area contributed by atoms with Crippen LogP contribution >= 0.6 is 0 Å². The standard InChI is InChI=1S/C16H23NO/c1-13(15-6-4-3-5-7-15)8-10-17-11-9-16(18)14(2)12-17/h3-7,13-14H,8-12H2,1-2H3. The van der Waals surface area contributed by atoms with Gasteiger partial charge in [0.1, 0.15) is 5.78 Å². The van der Waals surface area contributed by atoms with E-state index >= 15 is 0 Å². The van der Waals surface area contributed by atoms with Crippen molar-refractivity contribution >= 4 is 5.78 Å². The van der Waals surface area contributed by atoms with Crippen LogP contribution in [0.5, 0.6) is 0 Å². The lowest BCUT2D eigenvalue weighted by Crippen LogP contribution is -2.40. The van der Waals surface area contributed by atoms with Crippen LogP contribution in [0.25, 0.3) is 0 Å². The summed E-state index contributed by atoms with van der Waals surface area (Å²) < 4.78 is 0. The molecule has 2 unspecified atom stereocenters. The van der Waals surface area contributed by atoms with Crippen LogP contribution in [0, 0.1) is 5.92 Å². The van der Waals surface area contributed by atoms with Crippen LogP contribution in [0.4, 0.5) is 0 Å². The van der Waals surface area contributed by atoms with Crippen LogP contribution in [0.1, 0.15) is 38.2 Å². The van der Waals surface area contributed by atoms with Gasteiger partial charge in [-0.05, 0) is 24.4 Å². The van der Waals surface area contributed by atoms with Gasteiger partial charge in [0.2, 0.25) is 0 Å². The zero-order valence-corrected chi connectivity index (χ0v) is 11.4. The lowest BCUT2D eigenvalue weighted by molar-refractivity contribution is -0.125. The second kappa shape index (κ2) is 6.14. The van der Waals surface area contributed by atoms with Gasteiger partial charge in [0.25, 0.3) is 0 Å². The number of benzene rings is 1. The van der Waals surface area contributed by atoms with E-state index in [1.807, 2.05) is 0 Å². The minimum absolute atomic E-state index is 0.228. The summed E-state index contributed by atoms with van der Waals surface area (Å²) in [6.07, 6.45) is 1.91. The Bertz CT molecular complexity index is 387. The Labute approximate surface area is 110 Å². The van der Waals surface area contributed by atoms with Gasteiger partial charge < -0.3 is 4.90 Å². The van der Waals surface area contributed by atoms with Crippen LogP contribution in [0.2, 0.25) is 0 Å². The predicted octanol–water partition coefficient (Wildman–Crippen LogP) is 3.09. The van der Waals surface area contributed by atoms with Crippen molar-refractivity contribution in [1.82, 2.24) is 4.90 Å². The number of ketones is 1. The summed E-state index contributed by atoms with van der Waals surface area (Å²) in [5, 5.41) is 0. The Hall–Kier alpha value is -1.15. The van der Waals surface area contributed by atoms with Crippen LogP contribution in [0.3, 0.4) is 0 Å². The lowest BCUT2D eigenvalue weighted by Gasteiger charge is -2.30. The summed E-state index contributed by atoms with van der Waals surface area (Å²) in [6.45, 7) is 7.34. The molecular formula is C16H23NO. The molecule has 1 saturated heterocycles. The smallest absolute Gasteiger partial charge is 0.138 e.